The Morgan fingerprint density at radius 2 is 2.00 bits per heavy atom. The molecule has 0 spiro atoms. The molecule has 2 N–H and O–H groups in total. The first-order chi connectivity index (χ1) is 13.9. The van der Waals surface area contributed by atoms with E-state index < -0.39 is 10.0 Å². The molecule has 4 rings (SSSR count). The van der Waals surface area contributed by atoms with Gasteiger partial charge in [-0.05, 0) is 49.2 Å². The number of fused-ring (bicyclic) bond motifs is 1. The van der Waals surface area contributed by atoms with Crippen molar-refractivity contribution in [2.45, 2.75) is 22.9 Å². The van der Waals surface area contributed by atoms with Crippen molar-refractivity contribution < 1.29 is 13.2 Å². The number of thioether (sulfide) groups is 1. The predicted octanol–water partition coefficient (Wildman–Crippen LogP) is 3.73. The van der Waals surface area contributed by atoms with Gasteiger partial charge in [0, 0.05) is 23.8 Å². The first-order valence-corrected chi connectivity index (χ1v) is 11.9. The van der Waals surface area contributed by atoms with E-state index in [4.69, 9.17) is 11.6 Å². The van der Waals surface area contributed by atoms with Crippen molar-refractivity contribution in [2.75, 3.05) is 24.2 Å². The van der Waals surface area contributed by atoms with Gasteiger partial charge in [0.2, 0.25) is 15.9 Å². The highest BCUT2D eigenvalue weighted by Gasteiger charge is 2.27. The molecular weight excluding hydrogens is 432 g/mol. The van der Waals surface area contributed by atoms with Crippen molar-refractivity contribution in [1.29, 1.82) is 0 Å². The second kappa shape index (κ2) is 8.35. The summed E-state index contributed by atoms with van der Waals surface area (Å²) in [5.41, 5.74) is 2.03. The van der Waals surface area contributed by atoms with E-state index in [0.717, 1.165) is 23.9 Å². The fraction of sp³-hybridized carbons (Fsp3) is 0.263. The number of imidazole rings is 1. The third kappa shape index (κ3) is 4.58. The van der Waals surface area contributed by atoms with Crippen molar-refractivity contribution in [3.05, 3.63) is 47.5 Å². The number of nitrogens with one attached hydrogen (secondary N) is 2. The third-order valence-corrected chi connectivity index (χ3v) is 7.59. The number of anilines is 1. The van der Waals surface area contributed by atoms with Crippen LogP contribution in [0.3, 0.4) is 0 Å². The average molecular weight is 451 g/mol. The Morgan fingerprint density at radius 3 is 2.79 bits per heavy atom. The molecule has 7 nitrogen and oxygen atoms in total. The number of amides is 1. The summed E-state index contributed by atoms with van der Waals surface area (Å²) in [6, 6.07) is 11.7. The fourth-order valence-electron chi connectivity index (χ4n) is 3.17. The molecule has 0 unspecified atom stereocenters. The van der Waals surface area contributed by atoms with Gasteiger partial charge >= 0.3 is 0 Å². The Kier molecular flexibility index (Phi) is 5.82. The van der Waals surface area contributed by atoms with Crippen LogP contribution in [0.25, 0.3) is 11.0 Å². The normalized spacial score (nSPS) is 15.1. The van der Waals surface area contributed by atoms with E-state index >= 15 is 0 Å². The van der Waals surface area contributed by atoms with Gasteiger partial charge in [0.1, 0.15) is 0 Å². The zero-order valence-corrected chi connectivity index (χ0v) is 17.8. The maximum Gasteiger partial charge on any atom is 0.243 e. The highest BCUT2D eigenvalue weighted by Crippen LogP contribution is 2.24. The summed E-state index contributed by atoms with van der Waals surface area (Å²) in [5.74, 6) is -0.111. The standard InChI is InChI=1S/C19H19ClN4O3S2/c20-13-6-7-16-17(10-13)23-19(22-16)28-12-18(25)21-14-4-3-5-15(11-14)29(26,27)24-8-1-2-9-24/h3-7,10-11H,1-2,8-9,12H2,(H,21,25)(H,22,23). The van der Waals surface area contributed by atoms with Crippen LogP contribution in [0.2, 0.25) is 5.02 Å². The molecule has 152 valence electrons. The third-order valence-electron chi connectivity index (χ3n) is 4.58. The molecule has 29 heavy (non-hydrogen) atoms. The second-order valence-electron chi connectivity index (χ2n) is 6.68. The van der Waals surface area contributed by atoms with E-state index in [1.54, 1.807) is 30.3 Å². The highest BCUT2D eigenvalue weighted by molar-refractivity contribution is 7.99. The van der Waals surface area contributed by atoms with Crippen molar-refractivity contribution in [2.24, 2.45) is 0 Å². The number of nitrogens with zero attached hydrogens (tertiary/aromatic N) is 2. The highest BCUT2D eigenvalue weighted by atomic mass is 35.5. The molecule has 0 atom stereocenters. The van der Waals surface area contributed by atoms with Crippen molar-refractivity contribution in [1.82, 2.24) is 14.3 Å². The molecule has 0 saturated carbocycles. The van der Waals surface area contributed by atoms with Crippen LogP contribution in [-0.4, -0.2) is 47.4 Å². The molecule has 1 aliphatic rings. The number of hydrogen-bond acceptors (Lipinski definition) is 5. The molecule has 10 heteroatoms. The summed E-state index contributed by atoms with van der Waals surface area (Å²) in [5, 5.41) is 3.98. The second-order valence-corrected chi connectivity index (χ2v) is 10.0. The Balaban J connectivity index is 1.40. The van der Waals surface area contributed by atoms with E-state index in [9.17, 15) is 13.2 Å². The van der Waals surface area contributed by atoms with Gasteiger partial charge < -0.3 is 10.3 Å². The van der Waals surface area contributed by atoms with Gasteiger partial charge in [0.15, 0.2) is 5.16 Å². The number of aromatic amines is 1. The fourth-order valence-corrected chi connectivity index (χ4v) is 5.59. The monoisotopic (exact) mass is 450 g/mol. The molecule has 2 heterocycles. The number of halogens is 1. The van der Waals surface area contributed by atoms with E-state index in [2.05, 4.69) is 15.3 Å². The smallest absolute Gasteiger partial charge is 0.243 e. The van der Waals surface area contributed by atoms with Crippen LogP contribution >= 0.6 is 23.4 Å². The van der Waals surface area contributed by atoms with E-state index in [0.29, 0.717) is 29.0 Å². The number of benzene rings is 2. The molecule has 1 fully saturated rings. The van der Waals surface area contributed by atoms with Crippen molar-refractivity contribution in [3.8, 4) is 0 Å². The number of H-pyrrole nitrogens is 1. The lowest BCUT2D eigenvalue weighted by Crippen LogP contribution is -2.28. The van der Waals surface area contributed by atoms with Crippen LogP contribution in [0.4, 0.5) is 5.69 Å². The van der Waals surface area contributed by atoms with Crippen molar-refractivity contribution >= 4 is 56.0 Å². The molecule has 3 aromatic rings. The summed E-state index contributed by atoms with van der Waals surface area (Å²) in [7, 11) is -3.52. The molecule has 1 saturated heterocycles. The SMILES string of the molecule is O=C(CSc1nc2ccc(Cl)cc2[nH]1)Nc1cccc(S(=O)(=O)N2CCCC2)c1. The molecule has 1 aliphatic heterocycles. The lowest BCUT2D eigenvalue weighted by atomic mass is 10.3. The number of carbonyl (C=O) groups excluding carboxylic acids is 1. The Hall–Kier alpha value is -2.07. The Labute approximate surface area is 177 Å². The molecule has 2 aromatic carbocycles. The average Bonchev–Trinajstić information content (AvgIpc) is 3.36. The Morgan fingerprint density at radius 1 is 1.21 bits per heavy atom. The summed E-state index contributed by atoms with van der Waals surface area (Å²) in [6.45, 7) is 1.08. The quantitative estimate of drug-likeness (QED) is 0.558. The van der Waals surface area contributed by atoms with Gasteiger partial charge in [0.05, 0.1) is 21.7 Å². The Bertz CT molecular complexity index is 1160. The zero-order chi connectivity index (χ0) is 20.4. The van der Waals surface area contributed by atoms with Gasteiger partial charge in [0.25, 0.3) is 0 Å². The molecule has 1 amide bonds. The molecular formula is C19H19ClN4O3S2. The summed E-state index contributed by atoms with van der Waals surface area (Å²) in [4.78, 5) is 20.0. The number of carbonyl (C=O) groups is 1. The van der Waals surface area contributed by atoms with E-state index in [1.807, 2.05) is 6.07 Å². The minimum atomic E-state index is -3.52. The minimum absolute atomic E-state index is 0.136. The maximum absolute atomic E-state index is 12.7. The number of sulfonamides is 1. The van der Waals surface area contributed by atoms with Gasteiger partial charge in [-0.2, -0.15) is 4.31 Å². The van der Waals surface area contributed by atoms with E-state index in [1.165, 1.54) is 22.1 Å². The molecule has 0 radical (unpaired) electrons. The maximum atomic E-state index is 12.7. The first-order valence-electron chi connectivity index (χ1n) is 9.10. The zero-order valence-electron chi connectivity index (χ0n) is 15.4. The van der Waals surface area contributed by atoms with Crippen LogP contribution in [-0.2, 0) is 14.8 Å². The van der Waals surface area contributed by atoms with Crippen LogP contribution in [0.5, 0.6) is 0 Å². The molecule has 1 aromatic heterocycles. The van der Waals surface area contributed by atoms with Crippen LogP contribution in [0.15, 0.2) is 52.5 Å². The number of aromatic nitrogens is 2. The topological polar surface area (TPSA) is 95.2 Å². The van der Waals surface area contributed by atoms with Crippen LogP contribution in [0.1, 0.15) is 12.8 Å². The van der Waals surface area contributed by atoms with E-state index in [-0.39, 0.29) is 16.6 Å². The predicted molar refractivity (Wildman–Crippen MR) is 115 cm³/mol. The summed E-state index contributed by atoms with van der Waals surface area (Å²) in [6.07, 6.45) is 1.75. The lowest BCUT2D eigenvalue weighted by molar-refractivity contribution is -0.113. The van der Waals surface area contributed by atoms with Gasteiger partial charge in [-0.15, -0.1) is 0 Å². The van der Waals surface area contributed by atoms with Gasteiger partial charge in [-0.3, -0.25) is 4.79 Å². The van der Waals surface area contributed by atoms with Gasteiger partial charge in [-0.25, -0.2) is 13.4 Å². The summed E-state index contributed by atoms with van der Waals surface area (Å²) < 4.78 is 26.8. The summed E-state index contributed by atoms with van der Waals surface area (Å²) >= 11 is 7.23. The lowest BCUT2D eigenvalue weighted by Gasteiger charge is -2.16. The largest absolute Gasteiger partial charge is 0.333 e. The molecule has 0 bridgehead atoms. The molecule has 0 aliphatic carbocycles. The number of hydrogen-bond donors (Lipinski definition) is 2. The number of rotatable bonds is 6. The van der Waals surface area contributed by atoms with Crippen LogP contribution in [0, 0.1) is 0 Å². The van der Waals surface area contributed by atoms with Gasteiger partial charge in [-0.1, -0.05) is 29.4 Å². The van der Waals surface area contributed by atoms with Crippen LogP contribution < -0.4 is 5.32 Å². The van der Waals surface area contributed by atoms with Crippen molar-refractivity contribution in [3.63, 3.8) is 0 Å². The first kappa shape index (κ1) is 20.2. The minimum Gasteiger partial charge on any atom is -0.333 e.